The van der Waals surface area contributed by atoms with Crippen LogP contribution in [-0.4, -0.2) is 4.92 Å². The highest BCUT2D eigenvalue weighted by molar-refractivity contribution is 14.1. The van der Waals surface area contributed by atoms with Crippen molar-refractivity contribution in [3.8, 4) is 0 Å². The summed E-state index contributed by atoms with van der Waals surface area (Å²) in [6, 6.07) is 8.47. The molecule has 0 aliphatic carbocycles. The van der Waals surface area contributed by atoms with Gasteiger partial charge in [-0.15, -0.1) is 0 Å². The predicted molar refractivity (Wildman–Crippen MR) is 80.5 cm³/mol. The standard InChI is InChI=1S/C12H7ClFIN2O2/c13-7-1-2-12(11(15)3-7)16-9-4-8(14)5-10(6-9)17(18)19/h1-6,16H. The Morgan fingerprint density at radius 2 is 2.00 bits per heavy atom. The van der Waals surface area contributed by atoms with E-state index in [4.69, 9.17) is 11.6 Å². The van der Waals surface area contributed by atoms with Crippen LogP contribution >= 0.6 is 34.2 Å². The van der Waals surface area contributed by atoms with E-state index in [-0.39, 0.29) is 5.69 Å². The Balaban J connectivity index is 2.35. The summed E-state index contributed by atoms with van der Waals surface area (Å²) >= 11 is 7.90. The van der Waals surface area contributed by atoms with Crippen molar-refractivity contribution in [3.05, 3.63) is 60.9 Å². The van der Waals surface area contributed by atoms with E-state index in [1.807, 2.05) is 0 Å². The van der Waals surface area contributed by atoms with Gasteiger partial charge in [0, 0.05) is 20.3 Å². The summed E-state index contributed by atoms with van der Waals surface area (Å²) in [5, 5.41) is 14.2. The lowest BCUT2D eigenvalue weighted by atomic mass is 10.2. The van der Waals surface area contributed by atoms with E-state index >= 15 is 0 Å². The lowest BCUT2D eigenvalue weighted by Gasteiger charge is -2.09. The average molecular weight is 393 g/mol. The molecule has 0 heterocycles. The van der Waals surface area contributed by atoms with Gasteiger partial charge in [0.15, 0.2) is 0 Å². The van der Waals surface area contributed by atoms with Crippen molar-refractivity contribution in [1.82, 2.24) is 0 Å². The first-order valence-corrected chi connectivity index (χ1v) is 6.58. The molecule has 4 nitrogen and oxygen atoms in total. The van der Waals surface area contributed by atoms with Gasteiger partial charge in [0.25, 0.3) is 5.69 Å². The van der Waals surface area contributed by atoms with Crippen LogP contribution in [0.25, 0.3) is 0 Å². The fraction of sp³-hybridized carbons (Fsp3) is 0. The molecule has 2 rings (SSSR count). The molecule has 0 radical (unpaired) electrons. The van der Waals surface area contributed by atoms with Gasteiger partial charge in [-0.2, -0.15) is 0 Å². The monoisotopic (exact) mass is 392 g/mol. The van der Waals surface area contributed by atoms with Gasteiger partial charge >= 0.3 is 0 Å². The number of nitro benzene ring substituents is 1. The number of rotatable bonds is 3. The average Bonchev–Trinajstić information content (AvgIpc) is 2.32. The first-order valence-electron chi connectivity index (χ1n) is 5.13. The number of hydrogen-bond acceptors (Lipinski definition) is 3. The summed E-state index contributed by atoms with van der Waals surface area (Å²) in [6.45, 7) is 0. The van der Waals surface area contributed by atoms with Crippen LogP contribution in [-0.2, 0) is 0 Å². The molecule has 7 heteroatoms. The van der Waals surface area contributed by atoms with Crippen LogP contribution in [0.1, 0.15) is 0 Å². The number of non-ortho nitro benzene ring substituents is 1. The van der Waals surface area contributed by atoms with Crippen LogP contribution in [0.2, 0.25) is 5.02 Å². The molecule has 0 atom stereocenters. The Hall–Kier alpha value is -1.41. The molecule has 0 fully saturated rings. The molecule has 19 heavy (non-hydrogen) atoms. The van der Waals surface area contributed by atoms with E-state index in [1.165, 1.54) is 12.1 Å². The molecule has 0 aromatic heterocycles. The number of benzene rings is 2. The largest absolute Gasteiger partial charge is 0.354 e. The van der Waals surface area contributed by atoms with Gasteiger partial charge in [0.05, 0.1) is 16.7 Å². The van der Waals surface area contributed by atoms with Crippen molar-refractivity contribution >= 4 is 51.3 Å². The third-order valence-corrected chi connectivity index (χ3v) is 3.43. The van der Waals surface area contributed by atoms with E-state index in [0.717, 1.165) is 9.64 Å². The normalized spacial score (nSPS) is 10.3. The summed E-state index contributed by atoms with van der Waals surface area (Å²) in [6.07, 6.45) is 0. The quantitative estimate of drug-likeness (QED) is 0.466. The molecule has 2 aromatic carbocycles. The van der Waals surface area contributed by atoms with E-state index < -0.39 is 10.7 Å². The number of nitrogens with one attached hydrogen (secondary N) is 1. The van der Waals surface area contributed by atoms with Crippen LogP contribution in [0.3, 0.4) is 0 Å². The van der Waals surface area contributed by atoms with E-state index in [2.05, 4.69) is 27.9 Å². The van der Waals surface area contributed by atoms with Crippen molar-refractivity contribution < 1.29 is 9.31 Å². The number of hydrogen-bond donors (Lipinski definition) is 1. The minimum atomic E-state index is -0.666. The van der Waals surface area contributed by atoms with Gasteiger partial charge in [-0.05, 0) is 46.9 Å². The number of anilines is 2. The molecular formula is C12H7ClFIN2O2. The zero-order valence-corrected chi connectivity index (χ0v) is 12.3. The summed E-state index contributed by atoms with van der Waals surface area (Å²) < 4.78 is 14.1. The summed E-state index contributed by atoms with van der Waals surface area (Å²) in [4.78, 5) is 10.0. The van der Waals surface area contributed by atoms with Gasteiger partial charge in [0.1, 0.15) is 5.82 Å². The highest BCUT2D eigenvalue weighted by Gasteiger charge is 2.10. The lowest BCUT2D eigenvalue weighted by molar-refractivity contribution is -0.385. The smallest absolute Gasteiger partial charge is 0.274 e. The fourth-order valence-corrected chi connectivity index (χ4v) is 2.50. The molecule has 0 aliphatic heterocycles. The molecule has 0 bridgehead atoms. The van der Waals surface area contributed by atoms with Gasteiger partial charge in [0.2, 0.25) is 0 Å². The number of halogens is 3. The molecule has 1 N–H and O–H groups in total. The van der Waals surface area contributed by atoms with Crippen molar-refractivity contribution in [2.45, 2.75) is 0 Å². The molecule has 0 saturated heterocycles. The first-order chi connectivity index (χ1) is 8.95. The number of nitrogens with zero attached hydrogens (tertiary/aromatic N) is 1. The number of nitro groups is 1. The summed E-state index contributed by atoms with van der Waals surface area (Å²) in [7, 11) is 0. The highest BCUT2D eigenvalue weighted by atomic mass is 127. The Morgan fingerprint density at radius 1 is 1.26 bits per heavy atom. The van der Waals surface area contributed by atoms with Gasteiger partial charge < -0.3 is 5.32 Å². The van der Waals surface area contributed by atoms with Crippen molar-refractivity contribution in [1.29, 1.82) is 0 Å². The SMILES string of the molecule is O=[N+]([O-])c1cc(F)cc(Nc2ccc(Cl)cc2I)c1. The van der Waals surface area contributed by atoms with Crippen LogP contribution in [0, 0.1) is 19.5 Å². The van der Waals surface area contributed by atoms with Crippen LogP contribution in [0.4, 0.5) is 21.5 Å². The van der Waals surface area contributed by atoms with E-state index in [9.17, 15) is 14.5 Å². The maximum absolute atomic E-state index is 13.3. The third kappa shape index (κ3) is 3.54. The maximum atomic E-state index is 13.3. The highest BCUT2D eigenvalue weighted by Crippen LogP contribution is 2.28. The molecule has 0 amide bonds. The van der Waals surface area contributed by atoms with Gasteiger partial charge in [-0.1, -0.05) is 11.6 Å². The van der Waals surface area contributed by atoms with Crippen LogP contribution < -0.4 is 5.32 Å². The molecule has 0 unspecified atom stereocenters. The van der Waals surface area contributed by atoms with Crippen LogP contribution in [0.15, 0.2) is 36.4 Å². The maximum Gasteiger partial charge on any atom is 0.274 e. The second-order valence-corrected chi connectivity index (χ2v) is 5.30. The van der Waals surface area contributed by atoms with Gasteiger partial charge in [-0.25, -0.2) is 4.39 Å². The van der Waals surface area contributed by atoms with Crippen molar-refractivity contribution in [3.63, 3.8) is 0 Å². The fourth-order valence-electron chi connectivity index (χ4n) is 1.50. The Morgan fingerprint density at radius 3 is 2.63 bits per heavy atom. The predicted octanol–water partition coefficient (Wildman–Crippen LogP) is 4.74. The Labute approximate surface area is 126 Å². The second-order valence-electron chi connectivity index (χ2n) is 3.70. The van der Waals surface area contributed by atoms with Crippen LogP contribution in [0.5, 0.6) is 0 Å². The van der Waals surface area contributed by atoms with Crippen molar-refractivity contribution in [2.24, 2.45) is 0 Å². The van der Waals surface area contributed by atoms with E-state index in [1.54, 1.807) is 18.2 Å². The van der Waals surface area contributed by atoms with E-state index in [0.29, 0.717) is 16.4 Å². The minimum absolute atomic E-state index is 0.300. The molecule has 0 spiro atoms. The molecule has 0 aliphatic rings. The zero-order chi connectivity index (χ0) is 14.0. The summed E-state index contributed by atoms with van der Waals surface area (Å²) in [5.41, 5.74) is 0.711. The lowest BCUT2D eigenvalue weighted by Crippen LogP contribution is -1.96. The summed E-state index contributed by atoms with van der Waals surface area (Å²) in [5.74, 6) is -0.666. The van der Waals surface area contributed by atoms with Crippen molar-refractivity contribution in [2.75, 3.05) is 5.32 Å². The zero-order valence-electron chi connectivity index (χ0n) is 9.36. The third-order valence-electron chi connectivity index (χ3n) is 2.30. The minimum Gasteiger partial charge on any atom is -0.354 e. The molecule has 0 saturated carbocycles. The second kappa shape index (κ2) is 5.70. The molecule has 98 valence electrons. The molecular weight excluding hydrogens is 385 g/mol. The Bertz CT molecular complexity index is 652. The first kappa shape index (κ1) is 14.0. The molecule has 2 aromatic rings. The van der Waals surface area contributed by atoms with Gasteiger partial charge in [-0.3, -0.25) is 10.1 Å². The topological polar surface area (TPSA) is 55.2 Å². The Kier molecular flexibility index (Phi) is 4.20.